The smallest absolute Gasteiger partial charge is 0.354 e. The molecular formula is C32H30F2N6O2S. The van der Waals surface area contributed by atoms with Crippen LogP contribution < -0.4 is 11.0 Å². The van der Waals surface area contributed by atoms with Crippen LogP contribution in [0, 0.1) is 17.0 Å². The van der Waals surface area contributed by atoms with Crippen LogP contribution in [0.3, 0.4) is 0 Å². The van der Waals surface area contributed by atoms with Crippen molar-refractivity contribution in [1.82, 2.24) is 24.4 Å². The number of benzene rings is 1. The minimum absolute atomic E-state index is 0.0179. The van der Waals surface area contributed by atoms with Gasteiger partial charge in [0.05, 0.1) is 22.6 Å². The van der Waals surface area contributed by atoms with Gasteiger partial charge in [-0.2, -0.15) is 4.98 Å². The number of thioether (sulfide) groups is 1. The van der Waals surface area contributed by atoms with Crippen LogP contribution in [0.2, 0.25) is 0 Å². The summed E-state index contributed by atoms with van der Waals surface area (Å²) in [5, 5.41) is 3.66. The summed E-state index contributed by atoms with van der Waals surface area (Å²) in [6.07, 6.45) is 4.48. The molecule has 1 spiro atoms. The van der Waals surface area contributed by atoms with E-state index in [1.54, 1.807) is 35.0 Å². The van der Waals surface area contributed by atoms with Gasteiger partial charge >= 0.3 is 5.69 Å². The largest absolute Gasteiger partial charge is 0.384 e. The number of fused-ring (bicyclic) bond motifs is 5. The molecule has 1 aliphatic carbocycles. The first-order valence-corrected chi connectivity index (χ1v) is 15.4. The van der Waals surface area contributed by atoms with Gasteiger partial charge < -0.3 is 10.2 Å². The Morgan fingerprint density at radius 2 is 1.98 bits per heavy atom. The quantitative estimate of drug-likeness (QED) is 0.304. The predicted octanol–water partition coefficient (Wildman–Crippen LogP) is 5.65. The molecule has 0 radical (unpaired) electrons. The highest BCUT2D eigenvalue weighted by Gasteiger charge is 2.54. The lowest BCUT2D eigenvalue weighted by Gasteiger charge is -2.58. The highest BCUT2D eigenvalue weighted by atomic mass is 32.2. The van der Waals surface area contributed by atoms with Crippen LogP contribution in [0.4, 0.5) is 14.5 Å². The highest BCUT2D eigenvalue weighted by Crippen LogP contribution is 2.56. The fourth-order valence-corrected chi connectivity index (χ4v) is 7.70. The molecule has 1 amide bonds. The highest BCUT2D eigenvalue weighted by molar-refractivity contribution is 7.99. The summed E-state index contributed by atoms with van der Waals surface area (Å²) in [5.74, 6) is -0.940. The molecule has 1 aromatic carbocycles. The Morgan fingerprint density at radius 1 is 1.19 bits per heavy atom. The molecule has 2 bridgehead atoms. The van der Waals surface area contributed by atoms with E-state index < -0.39 is 17.3 Å². The number of nitrogens with one attached hydrogen (secondary N) is 1. The SMILES string of the molecule is C=CC(=O)N1CC2(CC(c3nc(=O)n4c5nc(c(F)cc35)-c3c(F)cccc3NCCSc3ccnc(C(C)C)c3-4)C2)C1. The number of halogens is 2. The second kappa shape index (κ2) is 10.3. The zero-order chi connectivity index (χ0) is 30.0. The van der Waals surface area contributed by atoms with Crippen LogP contribution in [-0.4, -0.2) is 55.7 Å². The van der Waals surface area contributed by atoms with Gasteiger partial charge in [0.2, 0.25) is 5.91 Å². The van der Waals surface area contributed by atoms with E-state index in [1.165, 1.54) is 22.8 Å². The van der Waals surface area contributed by atoms with E-state index in [2.05, 4.69) is 21.9 Å². The Hall–Kier alpha value is -4.12. The number of pyridine rings is 2. The molecule has 3 aromatic heterocycles. The average Bonchev–Trinajstić information content (AvgIpc) is 2.93. The number of aromatic nitrogens is 4. The third kappa shape index (κ3) is 4.43. The van der Waals surface area contributed by atoms with E-state index in [0.29, 0.717) is 53.5 Å². The van der Waals surface area contributed by atoms with Crippen LogP contribution in [0.1, 0.15) is 49.9 Å². The summed E-state index contributed by atoms with van der Waals surface area (Å²) in [7, 11) is 0. The number of nitrogens with zero attached hydrogens (tertiary/aromatic N) is 5. The molecule has 220 valence electrons. The number of hydrogen-bond donors (Lipinski definition) is 1. The van der Waals surface area contributed by atoms with Crippen LogP contribution in [0.5, 0.6) is 0 Å². The molecule has 5 heterocycles. The Morgan fingerprint density at radius 3 is 2.72 bits per heavy atom. The summed E-state index contributed by atoms with van der Waals surface area (Å²) < 4.78 is 32.9. The van der Waals surface area contributed by atoms with Crippen LogP contribution >= 0.6 is 11.8 Å². The summed E-state index contributed by atoms with van der Waals surface area (Å²) in [5.41, 5.74) is 1.65. The van der Waals surface area contributed by atoms with Crippen molar-refractivity contribution in [3.63, 3.8) is 0 Å². The number of amides is 1. The second-order valence-corrected chi connectivity index (χ2v) is 13.1. The summed E-state index contributed by atoms with van der Waals surface area (Å²) >= 11 is 1.55. The molecule has 0 atom stereocenters. The van der Waals surface area contributed by atoms with E-state index in [1.807, 2.05) is 19.9 Å². The minimum Gasteiger partial charge on any atom is -0.384 e. The molecule has 1 saturated carbocycles. The number of carbonyl (C=O) groups is 1. The molecule has 7 rings (SSSR count). The maximum Gasteiger partial charge on any atom is 0.354 e. The molecule has 4 aromatic rings. The molecule has 3 aliphatic rings. The minimum atomic E-state index is -0.698. The molecule has 8 nitrogen and oxygen atoms in total. The van der Waals surface area contributed by atoms with E-state index in [4.69, 9.17) is 4.98 Å². The first kappa shape index (κ1) is 27.7. The number of carbonyl (C=O) groups excluding carboxylic acids is 1. The Kier molecular flexibility index (Phi) is 6.61. The lowest BCUT2D eigenvalue weighted by atomic mass is 9.56. The molecule has 2 aliphatic heterocycles. The van der Waals surface area contributed by atoms with Crippen molar-refractivity contribution in [2.45, 2.75) is 43.4 Å². The van der Waals surface area contributed by atoms with Crippen molar-refractivity contribution in [3.8, 4) is 16.9 Å². The summed E-state index contributed by atoms with van der Waals surface area (Å²) in [6.45, 7) is 9.28. The van der Waals surface area contributed by atoms with Crippen molar-refractivity contribution < 1.29 is 13.6 Å². The standard InChI is InChI=1S/C32H30F2N6O2S/c1-4-24(41)39-15-32(16-39)13-18(14-32)27-19-12-21(34)28-25-20(33)6-5-7-22(25)35-10-11-43-23-8-9-36-26(17(2)3)29(23)40(30(19)37-28)31(42)38-27/h4-9,12,17-18,35H,1,10-11,13-16H2,2-3H3. The summed E-state index contributed by atoms with van der Waals surface area (Å²) in [6, 6.07) is 7.76. The molecular weight excluding hydrogens is 570 g/mol. The summed E-state index contributed by atoms with van der Waals surface area (Å²) in [4.78, 5) is 42.6. The zero-order valence-electron chi connectivity index (χ0n) is 23.9. The average molecular weight is 601 g/mol. The lowest BCUT2D eigenvalue weighted by Crippen LogP contribution is -2.63. The normalized spacial score (nSPS) is 17.4. The monoisotopic (exact) mass is 600 g/mol. The van der Waals surface area contributed by atoms with Gasteiger partial charge in [-0.15, -0.1) is 11.8 Å². The van der Waals surface area contributed by atoms with Crippen molar-refractivity contribution in [1.29, 1.82) is 0 Å². The van der Waals surface area contributed by atoms with Gasteiger partial charge in [-0.3, -0.25) is 9.78 Å². The van der Waals surface area contributed by atoms with Gasteiger partial charge in [0.15, 0.2) is 5.65 Å². The van der Waals surface area contributed by atoms with Gasteiger partial charge in [-0.05, 0) is 49.1 Å². The first-order chi connectivity index (χ1) is 20.7. The fourth-order valence-electron chi connectivity index (χ4n) is 6.79. The van der Waals surface area contributed by atoms with Gasteiger partial charge in [-0.1, -0.05) is 26.5 Å². The third-order valence-corrected chi connectivity index (χ3v) is 9.80. The van der Waals surface area contributed by atoms with Crippen LogP contribution in [-0.2, 0) is 4.79 Å². The maximum atomic E-state index is 16.1. The van der Waals surface area contributed by atoms with Crippen molar-refractivity contribution >= 4 is 34.4 Å². The second-order valence-electron chi connectivity index (χ2n) is 11.9. The number of rotatable bonds is 3. The fraction of sp³-hybridized carbons (Fsp3) is 0.344. The molecule has 2 fully saturated rings. The predicted molar refractivity (Wildman–Crippen MR) is 163 cm³/mol. The van der Waals surface area contributed by atoms with Crippen molar-refractivity contribution in [3.05, 3.63) is 82.7 Å². The van der Waals surface area contributed by atoms with Gasteiger partial charge in [-0.25, -0.2) is 23.1 Å². The maximum absolute atomic E-state index is 16.1. The van der Waals surface area contributed by atoms with E-state index in [-0.39, 0.29) is 40.1 Å². The molecule has 1 saturated heterocycles. The molecule has 1 N–H and O–H groups in total. The Bertz CT molecular complexity index is 1880. The lowest BCUT2D eigenvalue weighted by molar-refractivity contribution is -0.146. The molecule has 43 heavy (non-hydrogen) atoms. The number of likely N-dealkylation sites (tertiary alicyclic amines) is 1. The van der Waals surface area contributed by atoms with Gasteiger partial charge in [0, 0.05) is 58.9 Å². The number of anilines is 1. The van der Waals surface area contributed by atoms with E-state index in [0.717, 1.165) is 17.7 Å². The molecule has 11 heteroatoms. The Balaban J connectivity index is 1.46. The number of hydrogen-bond acceptors (Lipinski definition) is 7. The van der Waals surface area contributed by atoms with E-state index >= 15 is 8.78 Å². The van der Waals surface area contributed by atoms with Crippen molar-refractivity contribution in [2.75, 3.05) is 30.7 Å². The van der Waals surface area contributed by atoms with Crippen LogP contribution in [0.25, 0.3) is 28.0 Å². The third-order valence-electron chi connectivity index (χ3n) is 8.75. The molecule has 0 unspecified atom stereocenters. The zero-order valence-corrected chi connectivity index (χ0v) is 24.7. The van der Waals surface area contributed by atoms with Crippen molar-refractivity contribution in [2.24, 2.45) is 5.41 Å². The Labute approximate surface area is 251 Å². The van der Waals surface area contributed by atoms with Gasteiger partial charge in [0.25, 0.3) is 0 Å². The first-order valence-electron chi connectivity index (χ1n) is 14.4. The van der Waals surface area contributed by atoms with E-state index in [9.17, 15) is 9.59 Å². The topological polar surface area (TPSA) is 93.0 Å². The van der Waals surface area contributed by atoms with Crippen LogP contribution in [0.15, 0.2) is 58.9 Å². The van der Waals surface area contributed by atoms with Gasteiger partial charge in [0.1, 0.15) is 17.3 Å².